The van der Waals surface area contributed by atoms with Crippen molar-refractivity contribution in [3.05, 3.63) is 150 Å². The number of urea groups is 1. The lowest BCUT2D eigenvalue weighted by atomic mass is 9.90. The van der Waals surface area contributed by atoms with Gasteiger partial charge >= 0.3 is 6.03 Å². The summed E-state index contributed by atoms with van der Waals surface area (Å²) in [7, 11) is 0. The van der Waals surface area contributed by atoms with Crippen molar-refractivity contribution >= 4 is 11.7 Å². The SMILES string of the molecule is C[C@H]1[C@@H](CN2CC[C@H](O)C2)O[C@@H](c2ccc(-c3ccccc3CNC(=O)Nc3ccc(Oc4ccccc4)cc3)cc2)O[C@H]1c1ccc(CO)cc1. The summed E-state index contributed by atoms with van der Waals surface area (Å²) in [4.78, 5) is 15.1. The number of anilines is 1. The number of carbonyl (C=O) groups is 1. The van der Waals surface area contributed by atoms with E-state index >= 15 is 0 Å². The van der Waals surface area contributed by atoms with E-state index < -0.39 is 6.29 Å². The molecule has 2 saturated heterocycles. The molecule has 5 aromatic rings. The molecule has 0 unspecified atom stereocenters. The first-order valence-corrected chi connectivity index (χ1v) is 17.9. The zero-order chi connectivity index (χ0) is 35.9. The Morgan fingerprint density at radius 3 is 2.23 bits per heavy atom. The van der Waals surface area contributed by atoms with Gasteiger partial charge in [0, 0.05) is 43.3 Å². The minimum absolute atomic E-state index is 0.00771. The van der Waals surface area contributed by atoms with Gasteiger partial charge in [0.05, 0.1) is 24.9 Å². The normalized spacial score (nSPS) is 21.8. The quantitative estimate of drug-likeness (QED) is 0.111. The van der Waals surface area contributed by atoms with Crippen molar-refractivity contribution in [1.82, 2.24) is 10.2 Å². The van der Waals surface area contributed by atoms with Crippen LogP contribution >= 0.6 is 0 Å². The Morgan fingerprint density at radius 2 is 1.52 bits per heavy atom. The van der Waals surface area contributed by atoms with Gasteiger partial charge in [0.25, 0.3) is 0 Å². The van der Waals surface area contributed by atoms with Gasteiger partial charge in [0.1, 0.15) is 11.5 Å². The van der Waals surface area contributed by atoms with Crippen LogP contribution in [0.3, 0.4) is 0 Å². The lowest BCUT2D eigenvalue weighted by Crippen LogP contribution is -2.44. The molecule has 9 nitrogen and oxygen atoms in total. The van der Waals surface area contributed by atoms with E-state index in [0.717, 1.165) is 52.1 Å². The minimum atomic E-state index is -0.579. The fourth-order valence-corrected chi connectivity index (χ4v) is 6.92. The third kappa shape index (κ3) is 8.70. The van der Waals surface area contributed by atoms with E-state index in [2.05, 4.69) is 40.7 Å². The third-order valence-electron chi connectivity index (χ3n) is 9.85. The van der Waals surface area contributed by atoms with Crippen LogP contribution < -0.4 is 15.4 Å². The number of aliphatic hydroxyl groups excluding tert-OH is 2. The zero-order valence-corrected chi connectivity index (χ0v) is 29.2. The number of β-amino-alcohol motifs (C(OH)–C–C–N with tert-alkyl or cyclic N) is 1. The maximum Gasteiger partial charge on any atom is 0.319 e. The smallest absolute Gasteiger partial charge is 0.319 e. The van der Waals surface area contributed by atoms with E-state index in [-0.39, 0.29) is 36.9 Å². The van der Waals surface area contributed by atoms with Gasteiger partial charge in [-0.3, -0.25) is 4.90 Å². The van der Waals surface area contributed by atoms with Crippen LogP contribution in [-0.4, -0.2) is 53.0 Å². The molecule has 9 heteroatoms. The Morgan fingerprint density at radius 1 is 0.827 bits per heavy atom. The van der Waals surface area contributed by atoms with Crippen LogP contribution in [0.25, 0.3) is 11.1 Å². The molecule has 5 atom stereocenters. The largest absolute Gasteiger partial charge is 0.457 e. The number of nitrogens with one attached hydrogen (secondary N) is 2. The predicted octanol–water partition coefficient (Wildman–Crippen LogP) is 7.82. The molecule has 0 radical (unpaired) electrons. The first-order chi connectivity index (χ1) is 25.4. The van der Waals surface area contributed by atoms with Gasteiger partial charge in [-0.2, -0.15) is 0 Å². The molecule has 2 fully saturated rings. The van der Waals surface area contributed by atoms with Gasteiger partial charge in [0.15, 0.2) is 6.29 Å². The highest BCUT2D eigenvalue weighted by atomic mass is 16.7. The molecule has 0 saturated carbocycles. The number of rotatable bonds is 11. The summed E-state index contributed by atoms with van der Waals surface area (Å²) in [6.07, 6.45) is -0.419. The topological polar surface area (TPSA) is 113 Å². The van der Waals surface area contributed by atoms with Gasteiger partial charge in [-0.1, -0.05) is 97.9 Å². The van der Waals surface area contributed by atoms with Gasteiger partial charge in [0.2, 0.25) is 0 Å². The average molecular weight is 700 g/mol. The Kier molecular flexibility index (Phi) is 11.3. The van der Waals surface area contributed by atoms with Gasteiger partial charge in [-0.15, -0.1) is 0 Å². The highest BCUT2D eigenvalue weighted by Crippen LogP contribution is 2.42. The van der Waals surface area contributed by atoms with Crippen LogP contribution in [0, 0.1) is 5.92 Å². The van der Waals surface area contributed by atoms with Gasteiger partial charge in [-0.05, 0) is 70.6 Å². The van der Waals surface area contributed by atoms with Crippen LogP contribution in [0.4, 0.5) is 10.5 Å². The molecule has 0 bridgehead atoms. The maximum absolute atomic E-state index is 12.9. The van der Waals surface area contributed by atoms with Crippen molar-refractivity contribution in [2.24, 2.45) is 5.92 Å². The van der Waals surface area contributed by atoms with Crippen LogP contribution in [0.2, 0.25) is 0 Å². The van der Waals surface area contributed by atoms with Crippen molar-refractivity contribution in [2.45, 2.75) is 51.1 Å². The summed E-state index contributed by atoms with van der Waals surface area (Å²) in [6, 6.07) is 40.7. The molecular weight excluding hydrogens is 654 g/mol. The van der Waals surface area contributed by atoms with Gasteiger partial charge < -0.3 is 35.1 Å². The number of para-hydroxylation sites is 1. The van der Waals surface area contributed by atoms with E-state index in [1.807, 2.05) is 109 Å². The van der Waals surface area contributed by atoms with E-state index in [9.17, 15) is 15.0 Å². The summed E-state index contributed by atoms with van der Waals surface area (Å²) in [5.74, 6) is 1.50. The summed E-state index contributed by atoms with van der Waals surface area (Å²) < 4.78 is 19.2. The number of hydrogen-bond donors (Lipinski definition) is 4. The molecule has 4 N–H and O–H groups in total. The number of ether oxygens (including phenoxy) is 3. The molecule has 2 heterocycles. The number of nitrogens with zero attached hydrogens (tertiary/aromatic N) is 1. The number of benzene rings is 5. The minimum Gasteiger partial charge on any atom is -0.457 e. The second kappa shape index (κ2) is 16.5. The van der Waals surface area contributed by atoms with E-state index in [4.69, 9.17) is 14.2 Å². The molecule has 2 aliphatic rings. The van der Waals surface area contributed by atoms with Crippen LogP contribution in [0.5, 0.6) is 11.5 Å². The van der Waals surface area contributed by atoms with E-state index in [1.165, 1.54) is 0 Å². The monoisotopic (exact) mass is 699 g/mol. The standard InChI is InChI=1S/C43H45N3O6/c1-29-40(27-46-24-23-36(48)26-46)51-42(52-41(29)32-13-11-30(28-47)12-14-32)33-17-15-31(16-18-33)39-10-6-5-7-34(39)25-44-43(49)45-35-19-21-38(22-20-35)50-37-8-3-2-4-9-37/h2-22,29,36,40-42,47-48H,23-28H2,1H3,(H2,44,45,49)/t29-,36-,40+,41+,42+/m0/s1. The number of aliphatic hydroxyl groups is 2. The molecule has 7 rings (SSSR count). The Hall–Kier alpha value is -5.03. The summed E-state index contributed by atoms with van der Waals surface area (Å²) >= 11 is 0. The first kappa shape index (κ1) is 35.4. The molecule has 5 aromatic carbocycles. The molecule has 2 amide bonds. The maximum atomic E-state index is 12.9. The molecule has 268 valence electrons. The molecule has 2 aliphatic heterocycles. The average Bonchev–Trinajstić information content (AvgIpc) is 3.60. The van der Waals surface area contributed by atoms with Crippen molar-refractivity contribution in [1.29, 1.82) is 0 Å². The second-order valence-corrected chi connectivity index (χ2v) is 13.6. The number of amides is 2. The van der Waals surface area contributed by atoms with E-state index in [1.54, 1.807) is 0 Å². The Balaban J connectivity index is 1.01. The summed E-state index contributed by atoms with van der Waals surface area (Å²) in [5.41, 5.74) is 6.48. The molecule has 0 spiro atoms. The van der Waals surface area contributed by atoms with E-state index in [0.29, 0.717) is 31.1 Å². The highest BCUT2D eigenvalue weighted by molar-refractivity contribution is 5.89. The van der Waals surface area contributed by atoms with Crippen molar-refractivity contribution in [2.75, 3.05) is 25.0 Å². The predicted molar refractivity (Wildman–Crippen MR) is 201 cm³/mol. The van der Waals surface area contributed by atoms with Gasteiger partial charge in [-0.25, -0.2) is 4.79 Å². The molecule has 52 heavy (non-hydrogen) atoms. The third-order valence-corrected chi connectivity index (χ3v) is 9.85. The number of likely N-dealkylation sites (tertiary alicyclic amines) is 1. The molecule has 0 aliphatic carbocycles. The second-order valence-electron chi connectivity index (χ2n) is 13.6. The first-order valence-electron chi connectivity index (χ1n) is 17.9. The van der Waals surface area contributed by atoms with Crippen molar-refractivity contribution in [3.8, 4) is 22.6 Å². The number of hydrogen-bond acceptors (Lipinski definition) is 7. The van der Waals surface area contributed by atoms with Crippen molar-refractivity contribution < 1.29 is 29.2 Å². The van der Waals surface area contributed by atoms with Crippen LogP contribution in [0.1, 0.15) is 48.0 Å². The summed E-state index contributed by atoms with van der Waals surface area (Å²) in [6.45, 7) is 4.70. The fourth-order valence-electron chi connectivity index (χ4n) is 6.92. The molecule has 0 aromatic heterocycles. The zero-order valence-electron chi connectivity index (χ0n) is 29.2. The number of carbonyl (C=O) groups excluding carboxylic acids is 1. The highest BCUT2D eigenvalue weighted by Gasteiger charge is 2.40. The van der Waals surface area contributed by atoms with Crippen LogP contribution in [0.15, 0.2) is 127 Å². The van der Waals surface area contributed by atoms with Crippen molar-refractivity contribution in [3.63, 3.8) is 0 Å². The summed E-state index contributed by atoms with van der Waals surface area (Å²) in [5, 5.41) is 25.6. The Bertz CT molecular complexity index is 1900. The lowest BCUT2D eigenvalue weighted by molar-refractivity contribution is -0.276. The fraction of sp³-hybridized carbons (Fsp3) is 0.279. The van der Waals surface area contributed by atoms with Crippen LogP contribution in [-0.2, 0) is 22.6 Å². The lowest BCUT2D eigenvalue weighted by Gasteiger charge is -2.42. The Labute approximate surface area is 304 Å². The molecular formula is C43H45N3O6.